The highest BCUT2D eigenvalue weighted by atomic mass is 16.5. The maximum absolute atomic E-state index is 13.3. The van der Waals surface area contributed by atoms with E-state index in [1.807, 2.05) is 60.7 Å². The summed E-state index contributed by atoms with van der Waals surface area (Å²) in [7, 11) is 0. The Labute approximate surface area is 284 Å². The lowest BCUT2D eigenvalue weighted by molar-refractivity contribution is -0.164. The lowest BCUT2D eigenvalue weighted by Gasteiger charge is -2.33. The number of H-pyrrole nitrogens is 1. The monoisotopic (exact) mass is 653 g/mol. The first kappa shape index (κ1) is 35.5. The van der Waals surface area contributed by atoms with Gasteiger partial charge in [0.15, 0.2) is 0 Å². The van der Waals surface area contributed by atoms with Gasteiger partial charge < -0.3 is 30.2 Å². The third kappa shape index (κ3) is 9.63. The van der Waals surface area contributed by atoms with Gasteiger partial charge in [0, 0.05) is 23.5 Å². The zero-order valence-electron chi connectivity index (χ0n) is 28.0. The van der Waals surface area contributed by atoms with Gasteiger partial charge in [-0.3, -0.25) is 4.79 Å². The van der Waals surface area contributed by atoms with Crippen LogP contribution in [-0.2, 0) is 15.1 Å². The number of aromatic amines is 1. The highest BCUT2D eigenvalue weighted by molar-refractivity contribution is 5.85. The molecule has 5 rings (SSSR count). The molecule has 48 heavy (non-hydrogen) atoms. The van der Waals surface area contributed by atoms with Crippen molar-refractivity contribution < 1.29 is 19.7 Å². The number of piperidine rings is 1. The molecule has 1 aliphatic rings. The van der Waals surface area contributed by atoms with Crippen molar-refractivity contribution in [2.75, 3.05) is 39.3 Å². The van der Waals surface area contributed by atoms with Crippen molar-refractivity contribution >= 4 is 16.9 Å². The highest BCUT2D eigenvalue weighted by Gasteiger charge is 2.42. The summed E-state index contributed by atoms with van der Waals surface area (Å²) in [6.07, 6.45) is 9.67. The van der Waals surface area contributed by atoms with Crippen molar-refractivity contribution in [3.05, 3.63) is 118 Å². The Morgan fingerprint density at radius 1 is 0.854 bits per heavy atom. The van der Waals surface area contributed by atoms with Gasteiger partial charge in [-0.25, -0.2) is 4.79 Å². The van der Waals surface area contributed by atoms with Crippen molar-refractivity contribution in [3.63, 3.8) is 0 Å². The molecule has 1 saturated heterocycles. The van der Waals surface area contributed by atoms with Gasteiger partial charge in [0.05, 0.1) is 12.7 Å². The Balaban J connectivity index is 0.896. The standard InChI is InChI=1S/C40H51N3O5/c44-37(35-28-38(45)42-36-21-13-12-20-34(35)36)29-41-24-14-4-2-1-3-5-15-25-43-26-22-31(23-27-43)30-48-39(46)40(47,32-16-8-6-9-17-32)33-18-10-7-11-19-33/h6-13,16-21,28,31,37,41,44,47H,1-5,14-15,22-27,29-30H2,(H,42,45)/t37-/m0/s1. The number of aliphatic hydroxyl groups is 2. The smallest absolute Gasteiger partial charge is 0.347 e. The van der Waals surface area contributed by atoms with Gasteiger partial charge in [0.1, 0.15) is 0 Å². The number of hydrogen-bond donors (Lipinski definition) is 4. The number of nitrogens with zero attached hydrogens (tertiary/aromatic N) is 1. The van der Waals surface area contributed by atoms with Gasteiger partial charge in [-0.2, -0.15) is 0 Å². The number of carbonyl (C=O) groups is 1. The van der Waals surface area contributed by atoms with Gasteiger partial charge in [-0.1, -0.05) is 111 Å². The molecular formula is C40H51N3O5. The fourth-order valence-electron chi connectivity index (χ4n) is 6.76. The molecule has 1 atom stereocenters. The Morgan fingerprint density at radius 2 is 1.44 bits per heavy atom. The first-order chi connectivity index (χ1) is 23.4. The molecule has 1 aliphatic heterocycles. The summed E-state index contributed by atoms with van der Waals surface area (Å²) in [5.74, 6) is -0.311. The van der Waals surface area contributed by atoms with Gasteiger partial charge in [0.25, 0.3) is 0 Å². The van der Waals surface area contributed by atoms with Crippen molar-refractivity contribution in [2.24, 2.45) is 5.92 Å². The number of esters is 1. The van der Waals surface area contributed by atoms with E-state index in [9.17, 15) is 19.8 Å². The molecule has 8 nitrogen and oxygen atoms in total. The predicted molar refractivity (Wildman–Crippen MR) is 191 cm³/mol. The van der Waals surface area contributed by atoms with E-state index in [0.717, 1.165) is 56.3 Å². The lowest BCUT2D eigenvalue weighted by atomic mass is 9.86. The zero-order chi connectivity index (χ0) is 33.6. The van der Waals surface area contributed by atoms with Crippen LogP contribution in [0.2, 0.25) is 0 Å². The third-order valence-electron chi connectivity index (χ3n) is 9.64. The molecule has 1 fully saturated rings. The van der Waals surface area contributed by atoms with Crippen LogP contribution in [0.5, 0.6) is 0 Å². The van der Waals surface area contributed by atoms with Gasteiger partial charge >= 0.3 is 5.97 Å². The molecule has 0 amide bonds. The fraction of sp³-hybridized carbons (Fsp3) is 0.450. The molecule has 2 heterocycles. The summed E-state index contributed by atoms with van der Waals surface area (Å²) in [6, 6.07) is 27.1. The van der Waals surface area contributed by atoms with E-state index in [-0.39, 0.29) is 5.56 Å². The van der Waals surface area contributed by atoms with Crippen LogP contribution in [0, 0.1) is 5.92 Å². The van der Waals surface area contributed by atoms with E-state index in [2.05, 4.69) is 15.2 Å². The summed E-state index contributed by atoms with van der Waals surface area (Å²) in [4.78, 5) is 30.6. The zero-order valence-corrected chi connectivity index (χ0v) is 28.0. The minimum atomic E-state index is -1.83. The van der Waals surface area contributed by atoms with Crippen molar-refractivity contribution in [1.82, 2.24) is 15.2 Å². The normalized spacial score (nSPS) is 15.0. The molecule has 0 aliphatic carbocycles. The predicted octanol–water partition coefficient (Wildman–Crippen LogP) is 6.07. The molecule has 256 valence electrons. The van der Waals surface area contributed by atoms with Crippen LogP contribution in [0.4, 0.5) is 0 Å². The van der Waals surface area contributed by atoms with E-state index in [1.165, 1.54) is 44.6 Å². The molecule has 8 heteroatoms. The summed E-state index contributed by atoms with van der Waals surface area (Å²) in [5.41, 5.74) is 0.422. The van der Waals surface area contributed by atoms with Gasteiger partial charge in [0.2, 0.25) is 11.2 Å². The molecule has 0 radical (unpaired) electrons. The number of para-hydroxylation sites is 1. The molecule has 0 bridgehead atoms. The number of unbranched alkanes of at least 4 members (excludes halogenated alkanes) is 6. The number of hydrogen-bond acceptors (Lipinski definition) is 7. The number of rotatable bonds is 18. The Morgan fingerprint density at radius 3 is 2.10 bits per heavy atom. The minimum Gasteiger partial charge on any atom is -0.463 e. The van der Waals surface area contributed by atoms with Crippen LogP contribution in [0.3, 0.4) is 0 Å². The van der Waals surface area contributed by atoms with Crippen molar-refractivity contribution in [3.8, 4) is 0 Å². The van der Waals surface area contributed by atoms with Crippen LogP contribution < -0.4 is 10.9 Å². The Bertz CT molecular complexity index is 1560. The molecule has 3 aromatic carbocycles. The molecule has 1 aromatic heterocycles. The summed E-state index contributed by atoms with van der Waals surface area (Å²) in [6.45, 7) is 4.76. The second-order valence-electron chi connectivity index (χ2n) is 13.2. The minimum absolute atomic E-state index is 0.193. The maximum atomic E-state index is 13.3. The van der Waals surface area contributed by atoms with E-state index >= 15 is 0 Å². The average molecular weight is 654 g/mol. The molecule has 0 spiro atoms. The van der Waals surface area contributed by atoms with Crippen molar-refractivity contribution in [2.45, 2.75) is 69.5 Å². The quantitative estimate of drug-likeness (QED) is 0.0761. The van der Waals surface area contributed by atoms with Crippen LogP contribution in [0.25, 0.3) is 10.9 Å². The van der Waals surface area contributed by atoms with Crippen LogP contribution in [0.1, 0.15) is 80.6 Å². The van der Waals surface area contributed by atoms with Crippen LogP contribution >= 0.6 is 0 Å². The Hall–Kier alpha value is -3.82. The SMILES string of the molecule is O=C(OCC1CCN(CCCCCCCCCNC[C@H](O)c2cc(=O)[nH]c3ccccc23)CC1)C(O)(c1ccccc1)c1ccccc1. The van der Waals surface area contributed by atoms with Crippen molar-refractivity contribution in [1.29, 1.82) is 0 Å². The number of aliphatic hydroxyl groups excluding tert-OH is 1. The number of nitrogens with one attached hydrogen (secondary N) is 2. The number of pyridine rings is 1. The average Bonchev–Trinajstić information content (AvgIpc) is 3.13. The number of likely N-dealkylation sites (tertiary alicyclic amines) is 1. The third-order valence-corrected chi connectivity index (χ3v) is 9.64. The van der Waals surface area contributed by atoms with E-state index in [0.29, 0.717) is 35.8 Å². The number of fused-ring (bicyclic) bond motifs is 1. The second-order valence-corrected chi connectivity index (χ2v) is 13.2. The van der Waals surface area contributed by atoms with Gasteiger partial charge in [-0.05, 0) is 80.5 Å². The fourth-order valence-corrected chi connectivity index (χ4v) is 6.76. The molecule has 0 saturated carbocycles. The van der Waals surface area contributed by atoms with Gasteiger partial charge in [-0.15, -0.1) is 0 Å². The second kappa shape index (κ2) is 18.1. The molecule has 4 aromatic rings. The summed E-state index contributed by atoms with van der Waals surface area (Å²) in [5, 5.41) is 26.5. The molecular weight excluding hydrogens is 602 g/mol. The van der Waals surface area contributed by atoms with Crippen LogP contribution in [-0.4, -0.2) is 65.4 Å². The summed E-state index contributed by atoms with van der Waals surface area (Å²) < 4.78 is 5.77. The topological polar surface area (TPSA) is 115 Å². The number of ether oxygens (including phenoxy) is 1. The van der Waals surface area contributed by atoms with E-state index in [4.69, 9.17) is 4.74 Å². The molecule has 4 N–H and O–H groups in total. The Kier molecular flexibility index (Phi) is 13.4. The number of aromatic nitrogens is 1. The van der Waals surface area contributed by atoms with E-state index < -0.39 is 17.7 Å². The number of carbonyl (C=O) groups excluding carboxylic acids is 1. The summed E-state index contributed by atoms with van der Waals surface area (Å²) >= 11 is 0. The first-order valence-electron chi connectivity index (χ1n) is 17.7. The lowest BCUT2D eigenvalue weighted by Crippen LogP contribution is -2.40. The number of benzene rings is 3. The van der Waals surface area contributed by atoms with Crippen LogP contribution in [0.15, 0.2) is 95.8 Å². The first-order valence-corrected chi connectivity index (χ1v) is 17.7. The van der Waals surface area contributed by atoms with E-state index in [1.54, 1.807) is 24.3 Å². The highest BCUT2D eigenvalue weighted by Crippen LogP contribution is 2.32. The maximum Gasteiger partial charge on any atom is 0.347 e. The largest absolute Gasteiger partial charge is 0.463 e. The molecule has 0 unspecified atom stereocenters.